The molecule has 3 rings (SSSR count). The Labute approximate surface area is 176 Å². The van der Waals surface area contributed by atoms with Gasteiger partial charge in [0, 0.05) is 5.56 Å². The molecule has 0 unspecified atom stereocenters. The summed E-state index contributed by atoms with van der Waals surface area (Å²) in [6.07, 6.45) is -4.57. The van der Waals surface area contributed by atoms with Gasteiger partial charge in [-0.1, -0.05) is 36.4 Å². The van der Waals surface area contributed by atoms with E-state index in [0.717, 1.165) is 23.3 Å². The summed E-state index contributed by atoms with van der Waals surface area (Å²) >= 11 is 5.09. The molecule has 3 N–H and O–H groups in total. The van der Waals surface area contributed by atoms with Crippen LogP contribution in [0.25, 0.3) is 11.1 Å². The summed E-state index contributed by atoms with van der Waals surface area (Å²) < 4.78 is 39.0. The minimum atomic E-state index is -4.57. The molecular weight excluding hydrogens is 413 g/mol. The van der Waals surface area contributed by atoms with Gasteiger partial charge in [-0.3, -0.25) is 10.1 Å². The highest BCUT2D eigenvalue weighted by Gasteiger charge is 2.31. The highest BCUT2D eigenvalue weighted by molar-refractivity contribution is 7.80. The number of anilines is 1. The Balaban J connectivity index is 1.76. The second-order valence-corrected chi connectivity index (χ2v) is 7.00. The monoisotopic (exact) mass is 430 g/mol. The smallest absolute Gasteiger partial charge is 0.416 e. The SMILES string of the molecule is Cc1cc(C(=O)NC(=S)Nc2cc(-c3ccccc3)ccc2O)cc(C(F)(F)F)c1. The summed E-state index contributed by atoms with van der Waals surface area (Å²) in [5.41, 5.74) is 1.17. The van der Waals surface area contributed by atoms with Crippen LogP contribution in [-0.4, -0.2) is 16.1 Å². The molecule has 0 atom stereocenters. The van der Waals surface area contributed by atoms with Gasteiger partial charge < -0.3 is 10.4 Å². The minimum absolute atomic E-state index is 0.0961. The number of aryl methyl sites for hydroxylation is 1. The lowest BCUT2D eigenvalue weighted by Crippen LogP contribution is -2.34. The first-order chi connectivity index (χ1) is 14.1. The van der Waals surface area contributed by atoms with E-state index in [4.69, 9.17) is 12.2 Å². The van der Waals surface area contributed by atoms with Crippen molar-refractivity contribution in [2.24, 2.45) is 0 Å². The molecule has 0 saturated carbocycles. The predicted molar refractivity (Wildman–Crippen MR) is 113 cm³/mol. The molecule has 3 aromatic rings. The van der Waals surface area contributed by atoms with E-state index in [9.17, 15) is 23.1 Å². The van der Waals surface area contributed by atoms with E-state index in [2.05, 4.69) is 10.6 Å². The Hall–Kier alpha value is -3.39. The molecule has 3 aromatic carbocycles. The standard InChI is InChI=1S/C22H17F3N2O2S/c1-13-9-16(11-17(10-13)22(23,24)25)20(29)27-21(30)26-18-12-15(7-8-19(18)28)14-5-3-2-4-6-14/h2-12,28H,1H3,(H2,26,27,29,30). The summed E-state index contributed by atoms with van der Waals surface area (Å²) in [5, 5.41) is 15.0. The molecule has 0 aliphatic heterocycles. The van der Waals surface area contributed by atoms with Gasteiger partial charge in [0.05, 0.1) is 11.3 Å². The number of rotatable bonds is 3. The summed E-state index contributed by atoms with van der Waals surface area (Å²) in [4.78, 5) is 12.4. The lowest BCUT2D eigenvalue weighted by molar-refractivity contribution is -0.137. The normalized spacial score (nSPS) is 11.1. The maximum absolute atomic E-state index is 13.0. The van der Waals surface area contributed by atoms with Crippen molar-refractivity contribution in [2.75, 3.05) is 5.32 Å². The molecule has 0 aliphatic rings. The lowest BCUT2D eigenvalue weighted by Gasteiger charge is -2.14. The van der Waals surface area contributed by atoms with Crippen molar-refractivity contribution in [3.63, 3.8) is 0 Å². The molecule has 0 fully saturated rings. The minimum Gasteiger partial charge on any atom is -0.506 e. The number of alkyl halides is 3. The largest absolute Gasteiger partial charge is 0.506 e. The van der Waals surface area contributed by atoms with Gasteiger partial charge in [0.15, 0.2) is 5.11 Å². The molecule has 0 saturated heterocycles. The molecule has 0 aliphatic carbocycles. The number of hydrogen-bond donors (Lipinski definition) is 3. The van der Waals surface area contributed by atoms with Crippen molar-refractivity contribution in [2.45, 2.75) is 13.1 Å². The Kier molecular flexibility index (Phi) is 6.07. The number of amides is 1. The van der Waals surface area contributed by atoms with Gasteiger partial charge in [-0.2, -0.15) is 13.2 Å². The van der Waals surface area contributed by atoms with Gasteiger partial charge >= 0.3 is 6.18 Å². The van der Waals surface area contributed by atoms with Gasteiger partial charge in [0.25, 0.3) is 5.91 Å². The number of aromatic hydroxyl groups is 1. The molecule has 154 valence electrons. The fourth-order valence-corrected chi connectivity index (χ4v) is 3.06. The van der Waals surface area contributed by atoms with Crippen molar-refractivity contribution >= 4 is 28.9 Å². The first kappa shape index (κ1) is 21.3. The van der Waals surface area contributed by atoms with Gasteiger partial charge in [-0.25, -0.2) is 0 Å². The van der Waals surface area contributed by atoms with Gasteiger partial charge in [0.1, 0.15) is 5.75 Å². The highest BCUT2D eigenvalue weighted by Crippen LogP contribution is 2.31. The Bertz CT molecular complexity index is 1100. The van der Waals surface area contributed by atoms with Crippen LogP contribution in [0.15, 0.2) is 66.7 Å². The second kappa shape index (κ2) is 8.54. The van der Waals surface area contributed by atoms with Crippen LogP contribution in [0.1, 0.15) is 21.5 Å². The third kappa shape index (κ3) is 5.15. The second-order valence-electron chi connectivity index (χ2n) is 6.59. The van der Waals surface area contributed by atoms with Gasteiger partial charge in [-0.15, -0.1) is 0 Å². The van der Waals surface area contributed by atoms with E-state index in [1.165, 1.54) is 19.1 Å². The Morgan fingerprint density at radius 3 is 2.33 bits per heavy atom. The molecular formula is C22H17F3N2O2S. The van der Waals surface area contributed by atoms with Crippen molar-refractivity contribution in [3.05, 3.63) is 83.4 Å². The number of thiocarbonyl (C=S) groups is 1. The summed E-state index contributed by atoms with van der Waals surface area (Å²) in [5.74, 6) is -0.887. The number of phenolic OH excluding ortho intramolecular Hbond substituents is 1. The first-order valence-electron chi connectivity index (χ1n) is 8.83. The van der Waals surface area contributed by atoms with Crippen LogP contribution in [-0.2, 0) is 6.18 Å². The van der Waals surface area contributed by atoms with E-state index >= 15 is 0 Å². The van der Waals surface area contributed by atoms with Crippen LogP contribution < -0.4 is 10.6 Å². The maximum atomic E-state index is 13.0. The van der Waals surface area contributed by atoms with E-state index in [1.807, 2.05) is 30.3 Å². The topological polar surface area (TPSA) is 61.4 Å². The quantitative estimate of drug-likeness (QED) is 0.379. The van der Waals surface area contributed by atoms with Gasteiger partial charge in [0.2, 0.25) is 0 Å². The van der Waals surface area contributed by atoms with Crippen LogP contribution in [0.2, 0.25) is 0 Å². The fourth-order valence-electron chi connectivity index (χ4n) is 2.85. The van der Waals surface area contributed by atoms with Crippen LogP contribution in [0, 0.1) is 6.92 Å². The van der Waals surface area contributed by atoms with Crippen molar-refractivity contribution in [1.82, 2.24) is 5.32 Å². The number of phenols is 1. The van der Waals surface area contributed by atoms with Crippen LogP contribution >= 0.6 is 12.2 Å². The molecule has 0 heterocycles. The molecule has 0 aromatic heterocycles. The molecule has 0 bridgehead atoms. The third-order valence-corrected chi connectivity index (χ3v) is 4.45. The molecule has 0 spiro atoms. The number of benzene rings is 3. The zero-order valence-corrected chi connectivity index (χ0v) is 16.6. The lowest BCUT2D eigenvalue weighted by atomic mass is 10.0. The highest BCUT2D eigenvalue weighted by atomic mass is 32.1. The number of carbonyl (C=O) groups is 1. The zero-order chi connectivity index (χ0) is 21.9. The average Bonchev–Trinajstić information content (AvgIpc) is 2.69. The summed E-state index contributed by atoms with van der Waals surface area (Å²) in [6, 6.07) is 17.3. The first-order valence-corrected chi connectivity index (χ1v) is 9.24. The number of halogens is 3. The summed E-state index contributed by atoms with van der Waals surface area (Å²) in [6.45, 7) is 1.47. The molecule has 8 heteroatoms. The zero-order valence-electron chi connectivity index (χ0n) is 15.7. The van der Waals surface area contributed by atoms with Crippen molar-refractivity contribution < 1.29 is 23.1 Å². The number of carbonyl (C=O) groups excluding carboxylic acids is 1. The predicted octanol–water partition coefficient (Wildman–Crippen LogP) is 5.51. The van der Waals surface area contributed by atoms with E-state index in [1.54, 1.807) is 12.1 Å². The van der Waals surface area contributed by atoms with Crippen LogP contribution in [0.4, 0.5) is 18.9 Å². The maximum Gasteiger partial charge on any atom is 0.416 e. The van der Waals surface area contributed by atoms with E-state index in [0.29, 0.717) is 5.56 Å². The molecule has 0 radical (unpaired) electrons. The molecule has 4 nitrogen and oxygen atoms in total. The van der Waals surface area contributed by atoms with E-state index < -0.39 is 17.6 Å². The fraction of sp³-hybridized carbons (Fsp3) is 0.0909. The number of nitrogens with one attached hydrogen (secondary N) is 2. The Morgan fingerprint density at radius 2 is 1.67 bits per heavy atom. The van der Waals surface area contributed by atoms with Gasteiger partial charge in [-0.05, 0) is 66.2 Å². The third-order valence-electron chi connectivity index (χ3n) is 4.25. The molecule has 30 heavy (non-hydrogen) atoms. The molecule has 1 amide bonds. The number of hydrogen-bond acceptors (Lipinski definition) is 3. The Morgan fingerprint density at radius 1 is 0.967 bits per heavy atom. The van der Waals surface area contributed by atoms with Crippen molar-refractivity contribution in [3.8, 4) is 16.9 Å². The van der Waals surface area contributed by atoms with Crippen LogP contribution in [0.5, 0.6) is 5.75 Å². The average molecular weight is 430 g/mol. The summed E-state index contributed by atoms with van der Waals surface area (Å²) in [7, 11) is 0. The van der Waals surface area contributed by atoms with E-state index in [-0.39, 0.29) is 22.1 Å². The van der Waals surface area contributed by atoms with Crippen molar-refractivity contribution in [1.29, 1.82) is 0 Å². The van der Waals surface area contributed by atoms with Crippen LogP contribution in [0.3, 0.4) is 0 Å².